The van der Waals surface area contributed by atoms with E-state index < -0.39 is 0 Å². The molecular weight excluding hydrogens is 424 g/mol. The molecule has 0 N–H and O–H groups in total. The van der Waals surface area contributed by atoms with Gasteiger partial charge in [0.05, 0.1) is 34.3 Å². The van der Waals surface area contributed by atoms with E-state index in [9.17, 15) is 0 Å². The van der Waals surface area contributed by atoms with Crippen molar-refractivity contribution in [2.75, 3.05) is 31.1 Å². The monoisotopic (exact) mass is 450 g/mol. The van der Waals surface area contributed by atoms with Gasteiger partial charge in [-0.2, -0.15) is 5.10 Å². The van der Waals surface area contributed by atoms with Crippen LogP contribution in [-0.4, -0.2) is 50.8 Å². The molecule has 0 saturated carbocycles. The standard InChI is InChI=1S/C27H26N6O/c1-2-7-23(8-3-1)33-16-11-22(30-33)20-31-14-5-15-32(18-17-31)26-24(27-29-13-19-34-27)10-9-21-6-4-12-28-25(21)26/h1-4,6-13,16,19H,5,14-15,17-18,20H2. The maximum Gasteiger partial charge on any atom is 0.228 e. The fourth-order valence-corrected chi connectivity index (χ4v) is 4.73. The van der Waals surface area contributed by atoms with Crippen molar-refractivity contribution in [3.63, 3.8) is 0 Å². The van der Waals surface area contributed by atoms with Crippen molar-refractivity contribution >= 4 is 16.6 Å². The van der Waals surface area contributed by atoms with Crippen LogP contribution < -0.4 is 4.90 Å². The topological polar surface area (TPSA) is 63.2 Å². The van der Waals surface area contributed by atoms with E-state index in [-0.39, 0.29) is 0 Å². The highest BCUT2D eigenvalue weighted by Gasteiger charge is 2.23. The van der Waals surface area contributed by atoms with Crippen LogP contribution >= 0.6 is 0 Å². The number of hydrogen-bond acceptors (Lipinski definition) is 6. The Labute approximate surface area is 198 Å². The van der Waals surface area contributed by atoms with Gasteiger partial charge in [-0.05, 0) is 36.8 Å². The van der Waals surface area contributed by atoms with E-state index in [1.165, 1.54) is 0 Å². The lowest BCUT2D eigenvalue weighted by atomic mass is 10.1. The molecule has 34 heavy (non-hydrogen) atoms. The number of benzene rings is 2. The predicted molar refractivity (Wildman–Crippen MR) is 133 cm³/mol. The van der Waals surface area contributed by atoms with Crippen LogP contribution in [0.25, 0.3) is 28.0 Å². The summed E-state index contributed by atoms with van der Waals surface area (Å²) >= 11 is 0. The van der Waals surface area contributed by atoms with Crippen LogP contribution in [0.5, 0.6) is 0 Å². The SMILES string of the molecule is c1ccc(-n2ccc(CN3CCCN(c4c(-c5ncco5)ccc5cccnc45)CC3)n2)cc1. The number of anilines is 1. The molecule has 7 heteroatoms. The highest BCUT2D eigenvalue weighted by atomic mass is 16.3. The van der Waals surface area contributed by atoms with E-state index in [0.29, 0.717) is 5.89 Å². The van der Waals surface area contributed by atoms with Crippen molar-refractivity contribution in [2.45, 2.75) is 13.0 Å². The zero-order valence-electron chi connectivity index (χ0n) is 18.9. The lowest BCUT2D eigenvalue weighted by Crippen LogP contribution is -2.31. The van der Waals surface area contributed by atoms with Gasteiger partial charge in [-0.3, -0.25) is 9.88 Å². The Balaban J connectivity index is 1.23. The Bertz CT molecular complexity index is 1380. The summed E-state index contributed by atoms with van der Waals surface area (Å²) in [7, 11) is 0. The lowest BCUT2D eigenvalue weighted by Gasteiger charge is -2.26. The molecule has 3 aromatic heterocycles. The first-order valence-electron chi connectivity index (χ1n) is 11.7. The van der Waals surface area contributed by atoms with Gasteiger partial charge in [-0.1, -0.05) is 30.3 Å². The Morgan fingerprint density at radius 2 is 1.76 bits per heavy atom. The third kappa shape index (κ3) is 4.06. The third-order valence-corrected chi connectivity index (χ3v) is 6.37. The lowest BCUT2D eigenvalue weighted by molar-refractivity contribution is 0.281. The number of nitrogens with zero attached hydrogens (tertiary/aromatic N) is 6. The minimum atomic E-state index is 0.634. The highest BCUT2D eigenvalue weighted by Crippen LogP contribution is 2.36. The summed E-state index contributed by atoms with van der Waals surface area (Å²) in [6.07, 6.45) is 8.28. The van der Waals surface area contributed by atoms with Gasteiger partial charge in [0.2, 0.25) is 5.89 Å². The van der Waals surface area contributed by atoms with Crippen molar-refractivity contribution < 1.29 is 4.42 Å². The Morgan fingerprint density at radius 3 is 2.65 bits per heavy atom. The van der Waals surface area contributed by atoms with E-state index in [2.05, 4.69) is 51.2 Å². The number of rotatable bonds is 5. The fraction of sp³-hybridized carbons (Fsp3) is 0.222. The molecule has 0 aliphatic carbocycles. The molecule has 0 radical (unpaired) electrons. The minimum Gasteiger partial charge on any atom is -0.444 e. The van der Waals surface area contributed by atoms with E-state index in [1.807, 2.05) is 41.3 Å². The maximum atomic E-state index is 5.68. The molecule has 0 unspecified atom stereocenters. The number of hydrogen-bond donors (Lipinski definition) is 0. The molecule has 7 nitrogen and oxygen atoms in total. The van der Waals surface area contributed by atoms with Crippen LogP contribution in [-0.2, 0) is 6.54 Å². The van der Waals surface area contributed by atoms with Crippen molar-refractivity contribution in [2.24, 2.45) is 0 Å². The summed E-state index contributed by atoms with van der Waals surface area (Å²) in [6, 6.07) is 20.6. The van der Waals surface area contributed by atoms with E-state index in [0.717, 1.165) is 72.7 Å². The second-order valence-electron chi connectivity index (χ2n) is 8.58. The first-order valence-corrected chi connectivity index (χ1v) is 11.7. The molecule has 170 valence electrons. The first-order chi connectivity index (χ1) is 16.8. The summed E-state index contributed by atoms with van der Waals surface area (Å²) in [6.45, 7) is 4.68. The molecule has 0 bridgehead atoms. The summed E-state index contributed by atoms with van der Waals surface area (Å²) in [4.78, 5) is 14.1. The van der Waals surface area contributed by atoms with Gasteiger partial charge in [0, 0.05) is 50.5 Å². The van der Waals surface area contributed by atoms with Crippen LogP contribution in [0.3, 0.4) is 0 Å². The molecular formula is C27H26N6O. The molecule has 1 fully saturated rings. The van der Waals surface area contributed by atoms with Crippen LogP contribution in [0.2, 0.25) is 0 Å². The number of fused-ring (bicyclic) bond motifs is 1. The molecule has 1 aliphatic heterocycles. The molecule has 1 saturated heterocycles. The van der Waals surface area contributed by atoms with Gasteiger partial charge < -0.3 is 9.32 Å². The highest BCUT2D eigenvalue weighted by molar-refractivity contribution is 5.98. The Kier molecular flexibility index (Phi) is 5.53. The van der Waals surface area contributed by atoms with Crippen LogP contribution in [0, 0.1) is 0 Å². The second-order valence-corrected chi connectivity index (χ2v) is 8.58. The molecule has 5 aromatic rings. The molecule has 0 amide bonds. The average Bonchev–Trinajstić information content (AvgIpc) is 3.54. The normalized spacial score (nSPS) is 15.0. The third-order valence-electron chi connectivity index (χ3n) is 6.37. The Morgan fingerprint density at radius 1 is 0.824 bits per heavy atom. The molecule has 0 spiro atoms. The van der Waals surface area contributed by atoms with Gasteiger partial charge in [0.15, 0.2) is 0 Å². The summed E-state index contributed by atoms with van der Waals surface area (Å²) in [5, 5.41) is 5.93. The molecule has 4 heterocycles. The van der Waals surface area contributed by atoms with E-state index in [1.54, 1.807) is 12.5 Å². The molecule has 2 aromatic carbocycles. The largest absolute Gasteiger partial charge is 0.444 e. The van der Waals surface area contributed by atoms with Gasteiger partial charge in [0.25, 0.3) is 0 Å². The van der Waals surface area contributed by atoms with Crippen molar-refractivity contribution in [3.8, 4) is 17.1 Å². The van der Waals surface area contributed by atoms with E-state index >= 15 is 0 Å². The maximum absolute atomic E-state index is 5.68. The smallest absolute Gasteiger partial charge is 0.228 e. The molecule has 1 aliphatic rings. The predicted octanol–water partition coefficient (Wildman–Crippen LogP) is 4.79. The van der Waals surface area contributed by atoms with Crippen LogP contribution in [0.1, 0.15) is 12.1 Å². The summed E-state index contributed by atoms with van der Waals surface area (Å²) < 4.78 is 7.63. The number of oxazole rings is 1. The zero-order chi connectivity index (χ0) is 22.7. The number of pyridine rings is 1. The van der Waals surface area contributed by atoms with Gasteiger partial charge in [-0.25, -0.2) is 9.67 Å². The summed E-state index contributed by atoms with van der Waals surface area (Å²) in [5.74, 6) is 0.634. The minimum absolute atomic E-state index is 0.634. The fourth-order valence-electron chi connectivity index (χ4n) is 4.73. The van der Waals surface area contributed by atoms with E-state index in [4.69, 9.17) is 14.5 Å². The first kappa shape index (κ1) is 20.6. The second kappa shape index (κ2) is 9.11. The average molecular weight is 451 g/mol. The van der Waals surface area contributed by atoms with Crippen molar-refractivity contribution in [3.05, 3.63) is 91.2 Å². The quantitative estimate of drug-likeness (QED) is 0.384. The van der Waals surface area contributed by atoms with Gasteiger partial charge >= 0.3 is 0 Å². The Hall–Kier alpha value is -3.97. The van der Waals surface area contributed by atoms with Crippen LogP contribution in [0.4, 0.5) is 5.69 Å². The zero-order valence-corrected chi connectivity index (χ0v) is 18.9. The molecule has 6 rings (SSSR count). The number of aromatic nitrogens is 4. The van der Waals surface area contributed by atoms with Gasteiger partial charge in [0.1, 0.15) is 6.26 Å². The number of para-hydroxylation sites is 1. The summed E-state index contributed by atoms with van der Waals surface area (Å²) in [5.41, 5.74) is 5.26. The van der Waals surface area contributed by atoms with Crippen molar-refractivity contribution in [1.29, 1.82) is 0 Å². The van der Waals surface area contributed by atoms with Crippen molar-refractivity contribution in [1.82, 2.24) is 24.6 Å². The van der Waals surface area contributed by atoms with Crippen LogP contribution in [0.15, 0.2) is 89.9 Å². The molecule has 0 atom stereocenters. The van der Waals surface area contributed by atoms with Gasteiger partial charge in [-0.15, -0.1) is 0 Å².